The van der Waals surface area contributed by atoms with E-state index in [0.717, 1.165) is 11.4 Å². The highest BCUT2D eigenvalue weighted by atomic mass is 16.3. The summed E-state index contributed by atoms with van der Waals surface area (Å²) in [6, 6.07) is 27.2. The highest BCUT2D eigenvalue weighted by molar-refractivity contribution is 6.02. The summed E-state index contributed by atoms with van der Waals surface area (Å²) < 4.78 is 5.66. The number of carbonyl (C=O) groups excluding carboxylic acids is 1. The Morgan fingerprint density at radius 2 is 1.52 bits per heavy atom. The van der Waals surface area contributed by atoms with E-state index >= 15 is 0 Å². The van der Waals surface area contributed by atoms with Crippen LogP contribution >= 0.6 is 0 Å². The molecule has 0 unspecified atom stereocenters. The van der Waals surface area contributed by atoms with Crippen LogP contribution in [0.15, 0.2) is 101 Å². The molecule has 2 N–H and O–H groups in total. The van der Waals surface area contributed by atoms with Crippen LogP contribution in [0.5, 0.6) is 0 Å². The summed E-state index contributed by atoms with van der Waals surface area (Å²) in [6.07, 6.45) is 0. The van der Waals surface area contributed by atoms with Crippen molar-refractivity contribution in [2.75, 3.05) is 10.6 Å². The number of rotatable bonds is 6. The molecule has 29 heavy (non-hydrogen) atoms. The topological polar surface area (TPSA) is 83.7 Å². The molecule has 6 nitrogen and oxygen atoms in total. The van der Waals surface area contributed by atoms with Gasteiger partial charge >= 0.3 is 0 Å². The minimum atomic E-state index is -0.363. The standard InChI is InChI=1S/C23H17N3O3/c27-23(22-13-12-21(29-22)16-6-4-11-20(14-16)26-28)25-19-10-5-9-18(15-19)24-17-7-2-1-3-8-17/h1-15,24H,(H,25,27). The van der Waals surface area contributed by atoms with Crippen molar-refractivity contribution in [1.82, 2.24) is 0 Å². The minimum Gasteiger partial charge on any atom is -0.451 e. The average Bonchev–Trinajstić information content (AvgIpc) is 3.25. The molecule has 4 rings (SSSR count). The van der Waals surface area contributed by atoms with Crippen LogP contribution in [-0.4, -0.2) is 5.91 Å². The summed E-state index contributed by atoms with van der Waals surface area (Å²) in [4.78, 5) is 23.3. The molecule has 3 aromatic carbocycles. The number of nitrogens with one attached hydrogen (secondary N) is 2. The number of anilines is 3. The molecule has 0 radical (unpaired) electrons. The van der Waals surface area contributed by atoms with Crippen molar-refractivity contribution in [3.63, 3.8) is 0 Å². The Hall–Kier alpha value is -4.19. The van der Waals surface area contributed by atoms with E-state index in [2.05, 4.69) is 15.8 Å². The van der Waals surface area contributed by atoms with Crippen molar-refractivity contribution >= 4 is 28.7 Å². The number of para-hydroxylation sites is 1. The Bertz CT molecular complexity index is 1150. The molecule has 0 aliphatic rings. The Morgan fingerprint density at radius 1 is 0.759 bits per heavy atom. The maximum atomic E-state index is 12.6. The van der Waals surface area contributed by atoms with Gasteiger partial charge in [0.05, 0.1) is 0 Å². The Morgan fingerprint density at radius 3 is 2.34 bits per heavy atom. The molecule has 0 saturated carbocycles. The van der Waals surface area contributed by atoms with Gasteiger partial charge < -0.3 is 15.1 Å². The predicted octanol–water partition coefficient (Wildman–Crippen LogP) is 6.34. The normalized spacial score (nSPS) is 10.3. The van der Waals surface area contributed by atoms with E-state index < -0.39 is 0 Å². The molecule has 1 amide bonds. The van der Waals surface area contributed by atoms with E-state index in [9.17, 15) is 9.70 Å². The number of hydrogen-bond acceptors (Lipinski definition) is 5. The Balaban J connectivity index is 1.48. The molecule has 4 aromatic rings. The molecule has 0 atom stereocenters. The highest BCUT2D eigenvalue weighted by Crippen LogP contribution is 2.26. The van der Waals surface area contributed by atoms with Crippen LogP contribution in [0.25, 0.3) is 11.3 Å². The number of amides is 1. The van der Waals surface area contributed by atoms with Crippen LogP contribution in [0, 0.1) is 4.91 Å². The maximum absolute atomic E-state index is 12.6. The van der Waals surface area contributed by atoms with Crippen molar-refractivity contribution in [2.45, 2.75) is 0 Å². The zero-order valence-electron chi connectivity index (χ0n) is 15.3. The first kappa shape index (κ1) is 18.2. The fourth-order valence-corrected chi connectivity index (χ4v) is 2.89. The van der Waals surface area contributed by atoms with Crippen molar-refractivity contribution < 1.29 is 9.21 Å². The van der Waals surface area contributed by atoms with Crippen LogP contribution in [0.2, 0.25) is 0 Å². The maximum Gasteiger partial charge on any atom is 0.291 e. The van der Waals surface area contributed by atoms with Crippen molar-refractivity contribution in [1.29, 1.82) is 0 Å². The first-order valence-electron chi connectivity index (χ1n) is 8.98. The molecule has 0 fully saturated rings. The predicted molar refractivity (Wildman–Crippen MR) is 114 cm³/mol. The smallest absolute Gasteiger partial charge is 0.291 e. The summed E-state index contributed by atoms with van der Waals surface area (Å²) in [7, 11) is 0. The molecule has 1 heterocycles. The minimum absolute atomic E-state index is 0.172. The number of furan rings is 1. The van der Waals surface area contributed by atoms with Crippen LogP contribution in [0.3, 0.4) is 0 Å². The van der Waals surface area contributed by atoms with E-state index in [4.69, 9.17) is 4.42 Å². The lowest BCUT2D eigenvalue weighted by Crippen LogP contribution is -2.10. The van der Waals surface area contributed by atoms with Gasteiger partial charge in [0.25, 0.3) is 5.91 Å². The van der Waals surface area contributed by atoms with Gasteiger partial charge in [0.15, 0.2) is 5.76 Å². The third-order valence-electron chi connectivity index (χ3n) is 4.25. The second-order valence-corrected chi connectivity index (χ2v) is 6.33. The van der Waals surface area contributed by atoms with Gasteiger partial charge in [0.1, 0.15) is 11.4 Å². The molecule has 0 aliphatic carbocycles. The largest absolute Gasteiger partial charge is 0.451 e. The van der Waals surface area contributed by atoms with Gasteiger partial charge in [0.2, 0.25) is 0 Å². The van der Waals surface area contributed by atoms with E-state index in [1.54, 1.807) is 42.5 Å². The van der Waals surface area contributed by atoms with Crippen molar-refractivity contribution in [3.8, 4) is 11.3 Å². The van der Waals surface area contributed by atoms with Gasteiger partial charge in [-0.3, -0.25) is 4.79 Å². The van der Waals surface area contributed by atoms with Crippen LogP contribution in [0.4, 0.5) is 22.7 Å². The number of nitrogens with zero attached hydrogens (tertiary/aromatic N) is 1. The van der Waals surface area contributed by atoms with Crippen molar-refractivity contribution in [3.05, 3.63) is 102 Å². The molecule has 0 saturated heterocycles. The van der Waals surface area contributed by atoms with Gasteiger partial charge in [-0.2, -0.15) is 0 Å². The van der Waals surface area contributed by atoms with Gasteiger partial charge in [-0.1, -0.05) is 36.4 Å². The second kappa shape index (κ2) is 8.22. The lowest BCUT2D eigenvalue weighted by molar-refractivity contribution is 0.0997. The zero-order valence-corrected chi connectivity index (χ0v) is 15.3. The van der Waals surface area contributed by atoms with E-state index in [1.807, 2.05) is 48.5 Å². The number of nitroso groups, excluding NO2 is 1. The van der Waals surface area contributed by atoms with Crippen LogP contribution in [-0.2, 0) is 0 Å². The lowest BCUT2D eigenvalue weighted by atomic mass is 10.1. The van der Waals surface area contributed by atoms with Gasteiger partial charge in [-0.05, 0) is 59.8 Å². The summed E-state index contributed by atoms with van der Waals surface area (Å²) >= 11 is 0. The number of benzene rings is 3. The molecule has 6 heteroatoms. The summed E-state index contributed by atoms with van der Waals surface area (Å²) in [5.41, 5.74) is 3.43. The SMILES string of the molecule is O=Nc1cccc(-c2ccc(C(=O)Nc3cccc(Nc4ccccc4)c3)o2)c1. The van der Waals surface area contributed by atoms with Crippen LogP contribution < -0.4 is 10.6 Å². The molecule has 0 aliphatic heterocycles. The molecule has 1 aromatic heterocycles. The summed E-state index contributed by atoms with van der Waals surface area (Å²) in [5, 5.41) is 9.03. The Kier molecular flexibility index (Phi) is 5.16. The zero-order chi connectivity index (χ0) is 20.1. The first-order chi connectivity index (χ1) is 14.2. The van der Waals surface area contributed by atoms with Crippen LogP contribution in [0.1, 0.15) is 10.6 Å². The van der Waals surface area contributed by atoms with Gasteiger partial charge in [-0.15, -0.1) is 4.91 Å². The molecule has 0 spiro atoms. The molecule has 142 valence electrons. The Labute approximate surface area is 167 Å². The monoisotopic (exact) mass is 383 g/mol. The second-order valence-electron chi connectivity index (χ2n) is 6.33. The van der Waals surface area contributed by atoms with Gasteiger partial charge in [0, 0.05) is 22.6 Å². The van der Waals surface area contributed by atoms with E-state index in [1.165, 1.54) is 0 Å². The number of hydrogen-bond donors (Lipinski definition) is 2. The fraction of sp³-hybridized carbons (Fsp3) is 0. The third kappa shape index (κ3) is 4.39. The molecular weight excluding hydrogens is 366 g/mol. The first-order valence-corrected chi connectivity index (χ1v) is 8.98. The quantitative estimate of drug-likeness (QED) is 0.381. The fourth-order valence-electron chi connectivity index (χ4n) is 2.89. The van der Waals surface area contributed by atoms with Gasteiger partial charge in [-0.25, -0.2) is 0 Å². The molecule has 0 bridgehead atoms. The highest BCUT2D eigenvalue weighted by Gasteiger charge is 2.13. The van der Waals surface area contributed by atoms with Crippen molar-refractivity contribution in [2.24, 2.45) is 5.18 Å². The summed E-state index contributed by atoms with van der Waals surface area (Å²) in [6.45, 7) is 0. The summed E-state index contributed by atoms with van der Waals surface area (Å²) in [5.74, 6) is 0.295. The number of carbonyl (C=O) groups is 1. The average molecular weight is 383 g/mol. The van der Waals surface area contributed by atoms with E-state index in [-0.39, 0.29) is 11.7 Å². The lowest BCUT2D eigenvalue weighted by Gasteiger charge is -2.09. The van der Waals surface area contributed by atoms with E-state index in [0.29, 0.717) is 22.7 Å². The third-order valence-corrected chi connectivity index (χ3v) is 4.25. The molecular formula is C23H17N3O3.